The Hall–Kier alpha value is -2.42. The first-order valence-corrected chi connectivity index (χ1v) is 5.71. The Morgan fingerprint density at radius 3 is 2.79 bits per heavy atom. The quantitative estimate of drug-likeness (QED) is 0.921. The Labute approximate surface area is 108 Å². The van der Waals surface area contributed by atoms with Crippen LogP contribution >= 0.6 is 0 Å². The lowest BCUT2D eigenvalue weighted by Gasteiger charge is -2.03. The molecule has 98 valence electrons. The number of hydrogen-bond acceptors (Lipinski definition) is 4. The van der Waals surface area contributed by atoms with E-state index in [1.165, 1.54) is 6.07 Å². The van der Waals surface area contributed by atoms with E-state index in [9.17, 15) is 8.78 Å². The van der Waals surface area contributed by atoms with Crippen molar-refractivity contribution < 1.29 is 13.2 Å². The third kappa shape index (κ3) is 2.88. The number of anilines is 1. The second-order valence-corrected chi connectivity index (χ2v) is 3.85. The first-order valence-electron chi connectivity index (χ1n) is 5.71. The average molecular weight is 263 g/mol. The Kier molecular flexibility index (Phi) is 3.76. The molecule has 6 heteroatoms. The maximum absolute atomic E-state index is 13.0. The van der Waals surface area contributed by atoms with E-state index in [0.717, 1.165) is 12.1 Å². The summed E-state index contributed by atoms with van der Waals surface area (Å²) >= 11 is 0. The number of halogens is 2. The smallest absolute Gasteiger partial charge is 0.232 e. The molecule has 2 aromatic rings. The van der Waals surface area contributed by atoms with Crippen LogP contribution in [0, 0.1) is 23.0 Å². The number of benzene rings is 1. The van der Waals surface area contributed by atoms with Gasteiger partial charge in [0.05, 0.1) is 0 Å². The second kappa shape index (κ2) is 5.48. The lowest BCUT2D eigenvalue weighted by Crippen LogP contribution is -2.01. The van der Waals surface area contributed by atoms with Crippen LogP contribution in [0.25, 0.3) is 0 Å². The molecule has 0 aliphatic rings. The topological polar surface area (TPSA) is 61.9 Å². The molecule has 0 aliphatic heterocycles. The molecule has 1 N–H and O–H groups in total. The second-order valence-electron chi connectivity index (χ2n) is 3.85. The lowest BCUT2D eigenvalue weighted by atomic mass is 10.2. The van der Waals surface area contributed by atoms with E-state index >= 15 is 0 Å². The summed E-state index contributed by atoms with van der Waals surface area (Å²) in [4.78, 5) is 3.97. The first kappa shape index (κ1) is 13.0. The fraction of sp³-hybridized carbons (Fsp3) is 0.231. The lowest BCUT2D eigenvalue weighted by molar-refractivity contribution is 0.505. The van der Waals surface area contributed by atoms with Gasteiger partial charge in [-0.1, -0.05) is 13.0 Å². The molecular formula is C13H11F2N3O. The highest BCUT2D eigenvalue weighted by Crippen LogP contribution is 2.18. The number of rotatable bonds is 4. The molecule has 1 aromatic heterocycles. The van der Waals surface area contributed by atoms with Gasteiger partial charge in [0, 0.05) is 13.0 Å². The fourth-order valence-electron chi connectivity index (χ4n) is 1.54. The van der Waals surface area contributed by atoms with Crippen molar-refractivity contribution >= 4 is 5.88 Å². The summed E-state index contributed by atoms with van der Waals surface area (Å²) in [6.07, 6.45) is 0.571. The van der Waals surface area contributed by atoms with Crippen LogP contribution < -0.4 is 5.32 Å². The van der Waals surface area contributed by atoms with Crippen LogP contribution in [0.15, 0.2) is 22.6 Å². The van der Waals surface area contributed by atoms with Gasteiger partial charge in [0.1, 0.15) is 6.07 Å². The van der Waals surface area contributed by atoms with Gasteiger partial charge in [-0.25, -0.2) is 13.8 Å². The zero-order chi connectivity index (χ0) is 13.8. The minimum atomic E-state index is -0.911. The van der Waals surface area contributed by atoms with Crippen molar-refractivity contribution in [3.8, 4) is 6.07 Å². The summed E-state index contributed by atoms with van der Waals surface area (Å²) in [5, 5.41) is 11.7. The maximum Gasteiger partial charge on any atom is 0.232 e. The van der Waals surface area contributed by atoms with Crippen molar-refractivity contribution in [3.63, 3.8) is 0 Å². The zero-order valence-corrected chi connectivity index (χ0v) is 10.2. The predicted octanol–water partition coefficient (Wildman–Crippen LogP) is 3.00. The van der Waals surface area contributed by atoms with E-state index in [0.29, 0.717) is 17.9 Å². The minimum Gasteiger partial charge on any atom is -0.424 e. The summed E-state index contributed by atoms with van der Waals surface area (Å²) < 4.78 is 31.1. The van der Waals surface area contributed by atoms with Gasteiger partial charge >= 0.3 is 0 Å². The van der Waals surface area contributed by atoms with Gasteiger partial charge in [-0.05, 0) is 17.7 Å². The van der Waals surface area contributed by atoms with Crippen LogP contribution in [0.3, 0.4) is 0 Å². The van der Waals surface area contributed by atoms with Crippen LogP contribution in [0.1, 0.15) is 24.1 Å². The first-order chi connectivity index (χ1) is 9.13. The van der Waals surface area contributed by atoms with E-state index in [-0.39, 0.29) is 18.1 Å². The summed E-state index contributed by atoms with van der Waals surface area (Å²) in [5.41, 5.74) is 0.691. The molecule has 0 bridgehead atoms. The van der Waals surface area contributed by atoms with Gasteiger partial charge in [-0.2, -0.15) is 5.26 Å². The van der Waals surface area contributed by atoms with E-state index < -0.39 is 11.6 Å². The molecule has 0 saturated heterocycles. The van der Waals surface area contributed by atoms with E-state index in [4.69, 9.17) is 9.68 Å². The molecule has 0 atom stereocenters. The van der Waals surface area contributed by atoms with E-state index in [1.807, 2.05) is 13.0 Å². The molecule has 1 aromatic carbocycles. The van der Waals surface area contributed by atoms with Crippen LogP contribution in [-0.4, -0.2) is 4.98 Å². The highest BCUT2D eigenvalue weighted by atomic mass is 19.2. The highest BCUT2D eigenvalue weighted by molar-refractivity contribution is 5.45. The summed E-state index contributed by atoms with van der Waals surface area (Å²) in [5.74, 6) is -1.12. The van der Waals surface area contributed by atoms with Gasteiger partial charge < -0.3 is 9.73 Å². The standard InChI is InChI=1S/C13H11F2N3O/c1-2-12-18-11(6-16)13(19-12)17-7-8-3-4-9(14)10(15)5-8/h3-5,17H,2,7H2,1H3. The molecule has 4 nitrogen and oxygen atoms in total. The van der Waals surface area contributed by atoms with Gasteiger partial charge in [0.25, 0.3) is 0 Å². The molecule has 0 radical (unpaired) electrons. The zero-order valence-electron chi connectivity index (χ0n) is 10.2. The number of oxazole rings is 1. The molecule has 0 aliphatic carbocycles. The van der Waals surface area contributed by atoms with Crippen molar-refractivity contribution in [1.29, 1.82) is 5.26 Å². The van der Waals surface area contributed by atoms with Crippen molar-refractivity contribution in [2.24, 2.45) is 0 Å². The fourth-order valence-corrected chi connectivity index (χ4v) is 1.54. The Balaban J connectivity index is 2.12. The minimum absolute atomic E-state index is 0.152. The number of nitriles is 1. The van der Waals surface area contributed by atoms with Crippen LogP contribution in [0.4, 0.5) is 14.7 Å². The third-order valence-electron chi connectivity index (χ3n) is 2.52. The van der Waals surface area contributed by atoms with Crippen molar-refractivity contribution in [2.45, 2.75) is 19.9 Å². The SMILES string of the molecule is CCc1nc(C#N)c(NCc2ccc(F)c(F)c2)o1. The number of hydrogen-bond donors (Lipinski definition) is 1. The number of nitrogens with one attached hydrogen (secondary N) is 1. The number of aryl methyl sites for hydroxylation is 1. The van der Waals surface area contributed by atoms with Gasteiger partial charge in [-0.15, -0.1) is 0 Å². The van der Waals surface area contributed by atoms with Crippen molar-refractivity contribution in [2.75, 3.05) is 5.32 Å². The van der Waals surface area contributed by atoms with Crippen molar-refractivity contribution in [3.05, 3.63) is 47.0 Å². The Bertz CT molecular complexity index is 631. The average Bonchev–Trinajstić information content (AvgIpc) is 2.82. The maximum atomic E-state index is 13.0. The highest BCUT2D eigenvalue weighted by Gasteiger charge is 2.11. The largest absolute Gasteiger partial charge is 0.424 e. The van der Waals surface area contributed by atoms with Gasteiger partial charge in [0.15, 0.2) is 17.5 Å². The Morgan fingerprint density at radius 2 is 2.16 bits per heavy atom. The summed E-state index contributed by atoms with van der Waals surface area (Å²) in [6, 6.07) is 5.50. The molecule has 1 heterocycles. The molecule has 0 spiro atoms. The van der Waals surface area contributed by atoms with Crippen molar-refractivity contribution in [1.82, 2.24) is 4.98 Å². The van der Waals surface area contributed by atoms with E-state index in [2.05, 4.69) is 10.3 Å². The molecule has 0 amide bonds. The molecule has 0 saturated carbocycles. The predicted molar refractivity (Wildman–Crippen MR) is 64.3 cm³/mol. The van der Waals surface area contributed by atoms with Crippen LogP contribution in [0.5, 0.6) is 0 Å². The molecule has 0 fully saturated rings. The summed E-state index contributed by atoms with van der Waals surface area (Å²) in [7, 11) is 0. The Morgan fingerprint density at radius 1 is 1.37 bits per heavy atom. The molecule has 0 unspecified atom stereocenters. The number of nitrogens with zero attached hydrogens (tertiary/aromatic N) is 2. The normalized spacial score (nSPS) is 10.2. The molecule has 19 heavy (non-hydrogen) atoms. The monoisotopic (exact) mass is 263 g/mol. The van der Waals surface area contributed by atoms with Gasteiger partial charge in [-0.3, -0.25) is 0 Å². The van der Waals surface area contributed by atoms with E-state index in [1.54, 1.807) is 0 Å². The van der Waals surface area contributed by atoms with Crippen LogP contribution in [0.2, 0.25) is 0 Å². The molecular weight excluding hydrogens is 252 g/mol. The number of aromatic nitrogens is 1. The summed E-state index contributed by atoms with van der Waals surface area (Å²) in [6.45, 7) is 2.07. The van der Waals surface area contributed by atoms with Gasteiger partial charge in [0.2, 0.25) is 11.6 Å². The van der Waals surface area contributed by atoms with Crippen LogP contribution in [-0.2, 0) is 13.0 Å². The third-order valence-corrected chi connectivity index (χ3v) is 2.52. The molecule has 2 rings (SSSR count).